The van der Waals surface area contributed by atoms with Crippen LogP contribution in [-0.4, -0.2) is 30.6 Å². The van der Waals surface area contributed by atoms with Gasteiger partial charge in [-0.3, -0.25) is 10.1 Å². The Hall–Kier alpha value is -4.73. The van der Waals surface area contributed by atoms with Gasteiger partial charge < -0.3 is 9.64 Å². The van der Waals surface area contributed by atoms with Crippen molar-refractivity contribution in [3.8, 4) is 0 Å². The van der Waals surface area contributed by atoms with Gasteiger partial charge in [-0.25, -0.2) is 4.79 Å². The van der Waals surface area contributed by atoms with E-state index in [0.29, 0.717) is 34.9 Å². The number of azo groups is 2. The van der Waals surface area contributed by atoms with Gasteiger partial charge in [-0.1, -0.05) is 6.58 Å². The van der Waals surface area contributed by atoms with Crippen LogP contribution in [-0.2, 0) is 9.53 Å². The number of non-ortho nitro benzene ring substituents is 1. The number of nitrogens with zero attached hydrogens (tertiary/aromatic N) is 6. The number of benzene rings is 3. The summed E-state index contributed by atoms with van der Waals surface area (Å²) in [6.45, 7) is 8.85. The average molecular weight is 487 g/mol. The van der Waals surface area contributed by atoms with Crippen LogP contribution in [0.3, 0.4) is 0 Å². The van der Waals surface area contributed by atoms with Crippen molar-refractivity contribution in [1.82, 2.24) is 0 Å². The number of hydrogen-bond acceptors (Lipinski definition) is 9. The molecule has 0 aliphatic rings. The maximum Gasteiger partial charge on any atom is 0.333 e. The molecule has 184 valence electrons. The van der Waals surface area contributed by atoms with Crippen LogP contribution in [0.25, 0.3) is 0 Å². The van der Waals surface area contributed by atoms with Crippen molar-refractivity contribution >= 4 is 40.1 Å². The van der Waals surface area contributed by atoms with Crippen molar-refractivity contribution in [2.45, 2.75) is 13.8 Å². The fraction of sp³-hybridized carbons (Fsp3) is 0.192. The molecule has 0 aromatic heterocycles. The maximum absolute atomic E-state index is 11.5. The zero-order valence-corrected chi connectivity index (χ0v) is 20.1. The minimum Gasteiger partial charge on any atom is -0.460 e. The molecular formula is C26H26N6O4. The molecule has 3 rings (SSSR count). The molecule has 0 amide bonds. The van der Waals surface area contributed by atoms with Gasteiger partial charge in [0.2, 0.25) is 0 Å². The molecule has 0 spiro atoms. The number of anilines is 1. The summed E-state index contributed by atoms with van der Waals surface area (Å²) in [5, 5.41) is 27.4. The van der Waals surface area contributed by atoms with Crippen molar-refractivity contribution in [3.63, 3.8) is 0 Å². The summed E-state index contributed by atoms with van der Waals surface area (Å²) in [6, 6.07) is 20.5. The summed E-state index contributed by atoms with van der Waals surface area (Å²) in [4.78, 5) is 23.9. The van der Waals surface area contributed by atoms with Crippen molar-refractivity contribution in [2.75, 3.05) is 24.6 Å². The lowest BCUT2D eigenvalue weighted by Gasteiger charge is -2.22. The highest BCUT2D eigenvalue weighted by Gasteiger charge is 2.07. The summed E-state index contributed by atoms with van der Waals surface area (Å²) in [5.41, 5.74) is 3.86. The first kappa shape index (κ1) is 25.9. The zero-order valence-electron chi connectivity index (χ0n) is 20.1. The minimum absolute atomic E-state index is 0.00241. The number of likely N-dealkylation sites (N-methyl/N-ethyl adjacent to an activating group) is 1. The van der Waals surface area contributed by atoms with Crippen molar-refractivity contribution in [1.29, 1.82) is 0 Å². The number of nitro groups is 1. The van der Waals surface area contributed by atoms with Crippen LogP contribution in [0.15, 0.2) is 105 Å². The van der Waals surface area contributed by atoms with Gasteiger partial charge in [0.1, 0.15) is 6.61 Å². The number of ether oxygens (including phenoxy) is 1. The third-order valence-electron chi connectivity index (χ3n) is 5.01. The summed E-state index contributed by atoms with van der Waals surface area (Å²) >= 11 is 0. The largest absolute Gasteiger partial charge is 0.460 e. The van der Waals surface area contributed by atoms with Crippen LogP contribution in [0.4, 0.5) is 34.1 Å². The Morgan fingerprint density at radius 1 is 0.861 bits per heavy atom. The second-order valence-electron chi connectivity index (χ2n) is 7.70. The molecule has 10 nitrogen and oxygen atoms in total. The lowest BCUT2D eigenvalue weighted by atomic mass is 10.2. The second-order valence-corrected chi connectivity index (χ2v) is 7.70. The van der Waals surface area contributed by atoms with Gasteiger partial charge in [0.25, 0.3) is 5.69 Å². The van der Waals surface area contributed by atoms with E-state index in [2.05, 4.69) is 31.9 Å². The normalized spacial score (nSPS) is 11.1. The fourth-order valence-corrected chi connectivity index (χ4v) is 3.03. The van der Waals surface area contributed by atoms with E-state index in [0.717, 1.165) is 12.2 Å². The smallest absolute Gasteiger partial charge is 0.333 e. The zero-order chi connectivity index (χ0) is 25.9. The van der Waals surface area contributed by atoms with Gasteiger partial charge in [0.15, 0.2) is 0 Å². The molecule has 3 aromatic carbocycles. The number of carbonyl (C=O) groups is 1. The van der Waals surface area contributed by atoms with Crippen LogP contribution in [0.5, 0.6) is 0 Å². The highest BCUT2D eigenvalue weighted by molar-refractivity contribution is 5.86. The van der Waals surface area contributed by atoms with E-state index >= 15 is 0 Å². The first-order valence-corrected chi connectivity index (χ1v) is 11.2. The van der Waals surface area contributed by atoms with Crippen LogP contribution in [0.2, 0.25) is 0 Å². The Labute approximate surface area is 208 Å². The molecule has 0 unspecified atom stereocenters. The number of hydrogen-bond donors (Lipinski definition) is 0. The summed E-state index contributed by atoms with van der Waals surface area (Å²) < 4.78 is 5.18. The van der Waals surface area contributed by atoms with Gasteiger partial charge in [0, 0.05) is 29.9 Å². The van der Waals surface area contributed by atoms with Crippen LogP contribution < -0.4 is 4.90 Å². The van der Waals surface area contributed by atoms with E-state index in [9.17, 15) is 14.9 Å². The number of rotatable bonds is 11. The maximum atomic E-state index is 11.5. The molecule has 0 saturated carbocycles. The van der Waals surface area contributed by atoms with Crippen LogP contribution in [0, 0.1) is 10.1 Å². The van der Waals surface area contributed by atoms with Crippen molar-refractivity contribution < 1.29 is 14.5 Å². The molecule has 0 heterocycles. The first-order chi connectivity index (χ1) is 17.4. The number of nitro benzene ring substituents is 1. The van der Waals surface area contributed by atoms with E-state index in [-0.39, 0.29) is 18.3 Å². The third kappa shape index (κ3) is 7.66. The van der Waals surface area contributed by atoms with Gasteiger partial charge in [-0.15, -0.1) is 0 Å². The Morgan fingerprint density at radius 2 is 1.28 bits per heavy atom. The molecule has 0 saturated heterocycles. The van der Waals surface area contributed by atoms with Gasteiger partial charge in [-0.2, -0.15) is 20.5 Å². The molecule has 0 radical (unpaired) electrons. The molecule has 0 bridgehead atoms. The van der Waals surface area contributed by atoms with Crippen LogP contribution >= 0.6 is 0 Å². The van der Waals surface area contributed by atoms with Crippen molar-refractivity contribution in [3.05, 3.63) is 95.1 Å². The Morgan fingerprint density at radius 3 is 1.67 bits per heavy atom. The van der Waals surface area contributed by atoms with E-state index < -0.39 is 4.92 Å². The molecule has 0 aliphatic carbocycles. The predicted octanol–water partition coefficient (Wildman–Crippen LogP) is 7.37. The molecule has 0 aliphatic heterocycles. The summed E-state index contributed by atoms with van der Waals surface area (Å²) in [6.07, 6.45) is 0. The molecule has 0 N–H and O–H groups in total. The molecule has 36 heavy (non-hydrogen) atoms. The second kappa shape index (κ2) is 12.7. The van der Waals surface area contributed by atoms with Crippen molar-refractivity contribution in [2.24, 2.45) is 20.5 Å². The third-order valence-corrected chi connectivity index (χ3v) is 5.01. The monoisotopic (exact) mass is 486 g/mol. The summed E-state index contributed by atoms with van der Waals surface area (Å²) in [7, 11) is 0. The highest BCUT2D eigenvalue weighted by atomic mass is 16.6. The first-order valence-electron chi connectivity index (χ1n) is 11.2. The number of esters is 1. The highest BCUT2D eigenvalue weighted by Crippen LogP contribution is 2.25. The molecule has 3 aromatic rings. The molecule has 0 fully saturated rings. The van der Waals surface area contributed by atoms with Gasteiger partial charge in [0.05, 0.1) is 34.2 Å². The topological polar surface area (TPSA) is 122 Å². The van der Waals surface area contributed by atoms with E-state index in [1.54, 1.807) is 31.2 Å². The fourth-order valence-electron chi connectivity index (χ4n) is 3.03. The number of carbonyl (C=O) groups excluding carboxylic acids is 1. The lowest BCUT2D eigenvalue weighted by molar-refractivity contribution is -0.384. The van der Waals surface area contributed by atoms with Gasteiger partial charge in [-0.05, 0) is 74.5 Å². The lowest BCUT2D eigenvalue weighted by Crippen LogP contribution is -2.28. The van der Waals surface area contributed by atoms with E-state index in [1.165, 1.54) is 24.3 Å². The Balaban J connectivity index is 1.55. The molecule has 0 atom stereocenters. The van der Waals surface area contributed by atoms with E-state index in [4.69, 9.17) is 4.74 Å². The SMILES string of the molecule is C=C(C)C(=O)OCCN(CC)c1ccc(N=Nc2ccc(N=Nc3ccc([N+](=O)[O-])cc3)cc2)cc1. The minimum atomic E-state index is -0.463. The molecular weight excluding hydrogens is 460 g/mol. The predicted molar refractivity (Wildman–Crippen MR) is 138 cm³/mol. The quantitative estimate of drug-likeness (QED) is 0.0920. The Bertz CT molecular complexity index is 1250. The van der Waals surface area contributed by atoms with Gasteiger partial charge >= 0.3 is 5.97 Å². The van der Waals surface area contributed by atoms with E-state index in [1.807, 2.05) is 31.2 Å². The Kier molecular flexibility index (Phi) is 9.10. The standard InChI is InChI=1S/C26H26N6O4/c1-4-31(17-18-36-26(33)19(2)3)24-13-9-22(10-14-24)29-27-20-5-7-21(8-6-20)28-30-23-11-15-25(16-12-23)32(34)35/h5-16H,2,4,17-18H2,1,3H3. The van der Waals surface area contributed by atoms with Crippen LogP contribution in [0.1, 0.15) is 13.8 Å². The average Bonchev–Trinajstić information content (AvgIpc) is 2.89. The summed E-state index contributed by atoms with van der Waals surface area (Å²) in [5.74, 6) is -0.387. The molecule has 10 heteroatoms.